The average molecular weight is 201 g/mol. The van der Waals surface area contributed by atoms with Gasteiger partial charge in [0.15, 0.2) is 0 Å². The van der Waals surface area contributed by atoms with Crippen molar-refractivity contribution in [1.82, 2.24) is 4.98 Å². The van der Waals surface area contributed by atoms with Crippen LogP contribution in [-0.2, 0) is 4.74 Å². The summed E-state index contributed by atoms with van der Waals surface area (Å²) in [5, 5.41) is 0.166. The molecule has 4 nitrogen and oxygen atoms in total. The molecule has 13 heavy (non-hydrogen) atoms. The van der Waals surface area contributed by atoms with Gasteiger partial charge in [-0.15, -0.1) is 0 Å². The first-order chi connectivity index (χ1) is 6.17. The molecule has 0 fully saturated rings. The predicted molar refractivity (Wildman–Crippen MR) is 46.6 cm³/mol. The molecule has 1 aromatic heterocycles. The highest BCUT2D eigenvalue weighted by molar-refractivity contribution is 6.29. The van der Waals surface area contributed by atoms with Crippen LogP contribution >= 0.6 is 11.6 Å². The zero-order valence-corrected chi connectivity index (χ0v) is 7.67. The fourth-order valence-corrected chi connectivity index (χ4v) is 0.979. The molecule has 1 radical (unpaired) electrons. The molecule has 0 saturated carbocycles. The number of carbonyl (C=O) groups is 1. The molecule has 0 spiro atoms. The van der Waals surface area contributed by atoms with Crippen molar-refractivity contribution in [3.8, 4) is 5.88 Å². The number of carbonyl (C=O) groups excluding carboxylic acids is 1. The molecule has 0 aliphatic carbocycles. The van der Waals surface area contributed by atoms with Crippen molar-refractivity contribution in [2.45, 2.75) is 0 Å². The zero-order valence-electron chi connectivity index (χ0n) is 6.91. The van der Waals surface area contributed by atoms with E-state index in [4.69, 9.17) is 16.3 Å². The summed E-state index contributed by atoms with van der Waals surface area (Å²) >= 11 is 5.61. The Morgan fingerprint density at radius 1 is 1.62 bits per heavy atom. The molecule has 0 atom stereocenters. The maximum atomic E-state index is 11.0. The van der Waals surface area contributed by atoms with Crippen molar-refractivity contribution in [2.24, 2.45) is 0 Å². The Morgan fingerprint density at radius 3 is 2.85 bits per heavy atom. The second-order valence-electron chi connectivity index (χ2n) is 2.15. The fourth-order valence-electron chi connectivity index (χ4n) is 0.779. The van der Waals surface area contributed by atoms with Gasteiger partial charge in [-0.3, -0.25) is 0 Å². The quantitative estimate of drug-likeness (QED) is 0.539. The highest BCUT2D eigenvalue weighted by atomic mass is 35.5. The minimum absolute atomic E-state index is 0.166. The first-order valence-electron chi connectivity index (χ1n) is 3.35. The van der Waals surface area contributed by atoms with Crippen LogP contribution in [0.15, 0.2) is 12.1 Å². The van der Waals surface area contributed by atoms with Crippen LogP contribution in [0.4, 0.5) is 0 Å². The molecule has 0 aliphatic rings. The lowest BCUT2D eigenvalue weighted by Gasteiger charge is -2.02. The Kier molecular flexibility index (Phi) is 3.08. The number of ether oxygens (including phenoxy) is 2. The lowest BCUT2D eigenvalue weighted by atomic mass is 10.3. The third kappa shape index (κ3) is 2.32. The van der Waals surface area contributed by atoms with Crippen LogP contribution in [-0.4, -0.2) is 18.1 Å². The molecule has 0 aromatic carbocycles. The minimum Gasteiger partial charge on any atom is -0.481 e. The molecule has 0 unspecified atom stereocenters. The molecular formula is C8H7ClNO3. The highest BCUT2D eigenvalue weighted by Gasteiger charge is 2.09. The summed E-state index contributed by atoms with van der Waals surface area (Å²) in [5.74, 6) is -0.324. The Bertz CT molecular complexity index is 327. The SMILES string of the molecule is [CH2]OC(=O)c1cc(Cl)nc(OC)c1. The van der Waals surface area contributed by atoms with Gasteiger partial charge >= 0.3 is 5.97 Å². The van der Waals surface area contributed by atoms with Crippen molar-refractivity contribution < 1.29 is 14.3 Å². The van der Waals surface area contributed by atoms with Crippen LogP contribution in [0.3, 0.4) is 0 Å². The van der Waals surface area contributed by atoms with E-state index < -0.39 is 5.97 Å². The van der Waals surface area contributed by atoms with E-state index in [1.807, 2.05) is 0 Å². The number of nitrogens with zero attached hydrogens (tertiary/aromatic N) is 1. The van der Waals surface area contributed by atoms with Crippen LogP contribution < -0.4 is 4.74 Å². The Balaban J connectivity index is 3.08. The maximum absolute atomic E-state index is 11.0. The number of hydrogen-bond acceptors (Lipinski definition) is 4. The second-order valence-corrected chi connectivity index (χ2v) is 2.54. The molecule has 69 valence electrons. The highest BCUT2D eigenvalue weighted by Crippen LogP contribution is 2.16. The molecular weight excluding hydrogens is 194 g/mol. The van der Waals surface area contributed by atoms with Crippen molar-refractivity contribution in [1.29, 1.82) is 0 Å². The largest absolute Gasteiger partial charge is 0.481 e. The maximum Gasteiger partial charge on any atom is 0.338 e. The van der Waals surface area contributed by atoms with Crippen molar-refractivity contribution in [3.63, 3.8) is 0 Å². The molecule has 0 bridgehead atoms. The van der Waals surface area contributed by atoms with Gasteiger partial charge in [-0.05, 0) is 6.07 Å². The van der Waals surface area contributed by atoms with E-state index in [-0.39, 0.29) is 16.6 Å². The normalized spacial score (nSPS) is 9.46. The number of hydrogen-bond donors (Lipinski definition) is 0. The third-order valence-electron chi connectivity index (χ3n) is 1.35. The van der Waals surface area contributed by atoms with Crippen LogP contribution in [0.2, 0.25) is 5.15 Å². The van der Waals surface area contributed by atoms with E-state index in [0.29, 0.717) is 0 Å². The number of methoxy groups -OCH3 is 1. The fraction of sp³-hybridized carbons (Fsp3) is 0.125. The summed E-state index contributed by atoms with van der Waals surface area (Å²) in [7, 11) is 4.42. The lowest BCUT2D eigenvalue weighted by molar-refractivity contribution is 0.0653. The topological polar surface area (TPSA) is 48.4 Å². The monoisotopic (exact) mass is 200 g/mol. The van der Waals surface area contributed by atoms with Gasteiger partial charge in [-0.2, -0.15) is 0 Å². The zero-order chi connectivity index (χ0) is 9.84. The van der Waals surface area contributed by atoms with Gasteiger partial charge in [0.2, 0.25) is 5.88 Å². The molecule has 1 rings (SSSR count). The van der Waals surface area contributed by atoms with Crippen LogP contribution in [0.25, 0.3) is 0 Å². The van der Waals surface area contributed by atoms with Crippen molar-refractivity contribution in [3.05, 3.63) is 30.0 Å². The Labute approximate surface area is 80.4 Å². The molecule has 5 heteroatoms. The first kappa shape index (κ1) is 9.80. The number of pyridine rings is 1. The Hall–Kier alpha value is -1.29. The molecule has 1 heterocycles. The van der Waals surface area contributed by atoms with Gasteiger partial charge in [-0.25, -0.2) is 9.78 Å². The van der Waals surface area contributed by atoms with E-state index >= 15 is 0 Å². The summed E-state index contributed by atoms with van der Waals surface area (Å²) in [5.41, 5.74) is 0.256. The number of rotatable bonds is 2. The van der Waals surface area contributed by atoms with Gasteiger partial charge < -0.3 is 9.47 Å². The van der Waals surface area contributed by atoms with Gasteiger partial charge in [-0.1, -0.05) is 11.6 Å². The summed E-state index contributed by atoms with van der Waals surface area (Å²) in [6.45, 7) is 0. The molecule has 0 aliphatic heterocycles. The minimum atomic E-state index is -0.581. The van der Waals surface area contributed by atoms with E-state index in [1.165, 1.54) is 19.2 Å². The molecule has 0 amide bonds. The summed E-state index contributed by atoms with van der Waals surface area (Å²) in [6, 6.07) is 2.79. The van der Waals surface area contributed by atoms with Gasteiger partial charge in [0.25, 0.3) is 0 Å². The number of esters is 1. The molecule has 0 saturated heterocycles. The van der Waals surface area contributed by atoms with Crippen LogP contribution in [0.5, 0.6) is 5.88 Å². The van der Waals surface area contributed by atoms with E-state index in [0.717, 1.165) is 0 Å². The molecule has 1 aromatic rings. The molecule has 0 N–H and O–H groups in total. The Morgan fingerprint density at radius 2 is 2.31 bits per heavy atom. The van der Waals surface area contributed by atoms with Gasteiger partial charge in [0.1, 0.15) is 12.3 Å². The van der Waals surface area contributed by atoms with Gasteiger partial charge in [0.05, 0.1) is 12.7 Å². The predicted octanol–water partition coefficient (Wildman–Crippen LogP) is 1.69. The van der Waals surface area contributed by atoms with Crippen molar-refractivity contribution in [2.75, 3.05) is 7.11 Å². The first-order valence-corrected chi connectivity index (χ1v) is 3.73. The number of aromatic nitrogens is 1. The second kappa shape index (κ2) is 4.09. The van der Waals surface area contributed by atoms with Crippen LogP contribution in [0.1, 0.15) is 10.4 Å². The van der Waals surface area contributed by atoms with E-state index in [2.05, 4.69) is 16.8 Å². The smallest absolute Gasteiger partial charge is 0.338 e. The summed E-state index contributed by atoms with van der Waals surface area (Å²) < 4.78 is 9.07. The summed E-state index contributed by atoms with van der Waals surface area (Å²) in [4.78, 5) is 14.8. The average Bonchev–Trinajstić information content (AvgIpc) is 2.15. The van der Waals surface area contributed by atoms with E-state index in [9.17, 15) is 4.79 Å². The third-order valence-corrected chi connectivity index (χ3v) is 1.54. The number of halogens is 1. The van der Waals surface area contributed by atoms with Gasteiger partial charge in [0, 0.05) is 6.07 Å². The van der Waals surface area contributed by atoms with E-state index in [1.54, 1.807) is 0 Å². The standard InChI is InChI=1S/C8H7ClNO3/c1-12-7-4-5(8(11)13-2)3-6(9)10-7/h3-4H,2H2,1H3. The summed E-state index contributed by atoms with van der Waals surface area (Å²) in [6.07, 6.45) is 0. The van der Waals surface area contributed by atoms with Crippen molar-refractivity contribution >= 4 is 17.6 Å². The van der Waals surface area contributed by atoms with Crippen LogP contribution in [0, 0.1) is 7.11 Å². The lowest BCUT2D eigenvalue weighted by Crippen LogP contribution is -2.01.